The van der Waals surface area contributed by atoms with Gasteiger partial charge in [0.1, 0.15) is 0 Å². The normalized spacial score (nSPS) is 12.2. The lowest BCUT2D eigenvalue weighted by Crippen LogP contribution is -2.28. The van der Waals surface area contributed by atoms with Gasteiger partial charge < -0.3 is 4.18 Å². The highest BCUT2D eigenvalue weighted by atomic mass is 79.9. The summed E-state index contributed by atoms with van der Waals surface area (Å²) in [5.41, 5.74) is -6.22. The van der Waals surface area contributed by atoms with E-state index in [4.69, 9.17) is 0 Å². The molecule has 0 saturated heterocycles. The minimum absolute atomic E-state index is 0.00377. The van der Waals surface area contributed by atoms with Crippen LogP contribution in [0.3, 0.4) is 0 Å². The number of hydrogen-bond acceptors (Lipinski definition) is 5. The third kappa shape index (κ3) is 3.32. The van der Waals surface area contributed by atoms with E-state index in [-0.39, 0.29) is 4.47 Å². The predicted molar refractivity (Wildman–Crippen MR) is 56.4 cm³/mol. The van der Waals surface area contributed by atoms with Gasteiger partial charge in [-0.25, -0.2) is 0 Å². The van der Waals surface area contributed by atoms with E-state index in [1.165, 1.54) is 0 Å². The van der Waals surface area contributed by atoms with Gasteiger partial charge in [-0.1, -0.05) is 15.9 Å². The number of alkyl halides is 3. The second-order valence-electron chi connectivity index (χ2n) is 2.89. The Morgan fingerprint density at radius 1 is 1.28 bits per heavy atom. The van der Waals surface area contributed by atoms with Gasteiger partial charge in [0, 0.05) is 10.5 Å². The van der Waals surface area contributed by atoms with E-state index in [9.17, 15) is 31.7 Å². The number of nitrogens with zero attached hydrogens (tertiary/aromatic N) is 1. The van der Waals surface area contributed by atoms with Crippen LogP contribution < -0.4 is 4.18 Å². The molecule has 100 valence electrons. The summed E-state index contributed by atoms with van der Waals surface area (Å²) < 4.78 is 61.2. The van der Waals surface area contributed by atoms with Crippen molar-refractivity contribution in [3.63, 3.8) is 0 Å². The number of nitro groups is 1. The van der Waals surface area contributed by atoms with Crippen LogP contribution >= 0.6 is 15.9 Å². The van der Waals surface area contributed by atoms with Crippen molar-refractivity contribution in [1.82, 2.24) is 0 Å². The van der Waals surface area contributed by atoms with Crippen molar-refractivity contribution in [1.29, 1.82) is 0 Å². The molecule has 0 aliphatic carbocycles. The summed E-state index contributed by atoms with van der Waals surface area (Å²) in [6.07, 6.45) is 0. The van der Waals surface area contributed by atoms with Crippen LogP contribution in [-0.2, 0) is 10.1 Å². The van der Waals surface area contributed by atoms with E-state index < -0.39 is 32.0 Å². The van der Waals surface area contributed by atoms with E-state index in [2.05, 4.69) is 20.1 Å². The molecule has 0 saturated carbocycles. The van der Waals surface area contributed by atoms with Crippen molar-refractivity contribution < 1.29 is 30.7 Å². The smallest absolute Gasteiger partial charge is 0.376 e. The van der Waals surface area contributed by atoms with Gasteiger partial charge in [0.05, 0.1) is 11.0 Å². The predicted octanol–water partition coefficient (Wildman–Crippen LogP) is 2.59. The molecule has 18 heavy (non-hydrogen) atoms. The molecule has 0 aromatic heterocycles. The third-order valence-electron chi connectivity index (χ3n) is 1.56. The molecule has 0 bridgehead atoms. The first-order chi connectivity index (χ1) is 8.03. The number of non-ortho nitro benzene ring substituents is 1. The molecule has 0 heterocycles. The lowest BCUT2D eigenvalue weighted by Gasteiger charge is -2.09. The number of hydrogen-bond donors (Lipinski definition) is 0. The SMILES string of the molecule is O=[N+]([O-])c1cc(Br)cc(OS(=O)(=O)C(F)(F)F)c1. The average molecular weight is 350 g/mol. The zero-order valence-corrected chi connectivity index (χ0v) is 10.5. The van der Waals surface area contributed by atoms with Gasteiger partial charge in [-0.05, 0) is 6.07 Å². The third-order valence-corrected chi connectivity index (χ3v) is 2.99. The van der Waals surface area contributed by atoms with E-state index in [0.29, 0.717) is 6.07 Å². The molecule has 6 nitrogen and oxygen atoms in total. The van der Waals surface area contributed by atoms with E-state index in [1.807, 2.05) is 0 Å². The molecule has 0 radical (unpaired) electrons. The van der Waals surface area contributed by atoms with Gasteiger partial charge >= 0.3 is 15.6 Å². The molecule has 0 unspecified atom stereocenters. The molecule has 1 rings (SSSR count). The molecule has 0 atom stereocenters. The summed E-state index contributed by atoms with van der Waals surface area (Å²) in [5.74, 6) is -0.812. The molecule has 0 N–H and O–H groups in total. The lowest BCUT2D eigenvalue weighted by molar-refractivity contribution is -0.385. The second-order valence-corrected chi connectivity index (χ2v) is 5.34. The van der Waals surface area contributed by atoms with Crippen molar-refractivity contribution >= 4 is 31.7 Å². The van der Waals surface area contributed by atoms with Gasteiger partial charge in [-0.15, -0.1) is 0 Å². The van der Waals surface area contributed by atoms with Crippen molar-refractivity contribution in [3.05, 3.63) is 32.8 Å². The molecule has 0 aliphatic heterocycles. The maximum atomic E-state index is 12.0. The molecule has 11 heteroatoms. The first kappa shape index (κ1) is 14.7. The Labute approximate surface area is 107 Å². The van der Waals surface area contributed by atoms with Crippen molar-refractivity contribution in [2.24, 2.45) is 0 Å². The highest BCUT2D eigenvalue weighted by Gasteiger charge is 2.48. The molecule has 0 fully saturated rings. The van der Waals surface area contributed by atoms with Gasteiger partial charge in [0.2, 0.25) is 0 Å². The Bertz CT molecular complexity index is 585. The summed E-state index contributed by atoms with van der Waals surface area (Å²) in [6, 6.07) is 2.40. The zero-order chi connectivity index (χ0) is 14.1. The Kier molecular flexibility index (Phi) is 3.86. The summed E-state index contributed by atoms with van der Waals surface area (Å²) in [7, 11) is -5.85. The summed E-state index contributed by atoms with van der Waals surface area (Å²) in [5, 5.41) is 10.4. The lowest BCUT2D eigenvalue weighted by atomic mass is 10.3. The fourth-order valence-electron chi connectivity index (χ4n) is 0.875. The Morgan fingerprint density at radius 3 is 2.28 bits per heavy atom. The average Bonchev–Trinajstić information content (AvgIpc) is 2.13. The summed E-state index contributed by atoms with van der Waals surface area (Å²) >= 11 is 2.78. The molecular weight excluding hydrogens is 347 g/mol. The van der Waals surface area contributed by atoms with E-state index in [0.717, 1.165) is 12.1 Å². The van der Waals surface area contributed by atoms with Crippen LogP contribution in [-0.4, -0.2) is 18.8 Å². The van der Waals surface area contributed by atoms with Crippen LogP contribution in [0.2, 0.25) is 0 Å². The van der Waals surface area contributed by atoms with Crippen LogP contribution in [0, 0.1) is 10.1 Å². The van der Waals surface area contributed by atoms with Crippen LogP contribution in [0.15, 0.2) is 22.7 Å². The highest BCUT2D eigenvalue weighted by molar-refractivity contribution is 9.10. The molecule has 1 aromatic rings. The summed E-state index contributed by atoms with van der Waals surface area (Å²) in [6.45, 7) is 0. The second kappa shape index (κ2) is 4.72. The fraction of sp³-hybridized carbons (Fsp3) is 0.143. The van der Waals surface area contributed by atoms with Crippen LogP contribution in [0.5, 0.6) is 5.75 Å². The van der Waals surface area contributed by atoms with Gasteiger partial charge in [-0.2, -0.15) is 21.6 Å². The number of benzene rings is 1. The van der Waals surface area contributed by atoms with Crippen molar-refractivity contribution in [2.75, 3.05) is 0 Å². The first-order valence-electron chi connectivity index (χ1n) is 3.98. The van der Waals surface area contributed by atoms with Crippen molar-refractivity contribution in [2.45, 2.75) is 5.51 Å². The van der Waals surface area contributed by atoms with Crippen LogP contribution in [0.4, 0.5) is 18.9 Å². The van der Waals surface area contributed by atoms with E-state index >= 15 is 0 Å². The quantitative estimate of drug-likeness (QED) is 0.362. The van der Waals surface area contributed by atoms with E-state index in [1.54, 1.807) is 0 Å². The minimum Gasteiger partial charge on any atom is -0.376 e. The molecule has 0 aliphatic rings. The standard InChI is InChI=1S/C7H3BrF3NO5S/c8-4-1-5(12(13)14)3-6(2-4)17-18(15,16)7(9,10)11/h1-3H. The Balaban J connectivity index is 3.17. The topological polar surface area (TPSA) is 86.5 Å². The zero-order valence-electron chi connectivity index (χ0n) is 8.14. The maximum absolute atomic E-state index is 12.0. The van der Waals surface area contributed by atoms with Crippen LogP contribution in [0.1, 0.15) is 0 Å². The molecule has 1 aromatic carbocycles. The first-order valence-corrected chi connectivity index (χ1v) is 6.19. The Morgan fingerprint density at radius 2 is 1.83 bits per heavy atom. The maximum Gasteiger partial charge on any atom is 0.534 e. The molecular formula is C7H3BrF3NO5S. The summed E-state index contributed by atoms with van der Waals surface area (Å²) in [4.78, 5) is 9.52. The van der Waals surface area contributed by atoms with Gasteiger partial charge in [-0.3, -0.25) is 10.1 Å². The highest BCUT2D eigenvalue weighted by Crippen LogP contribution is 2.31. The van der Waals surface area contributed by atoms with Gasteiger partial charge in [0.25, 0.3) is 5.69 Å². The van der Waals surface area contributed by atoms with Crippen LogP contribution in [0.25, 0.3) is 0 Å². The molecule has 0 amide bonds. The number of nitro benzene ring substituents is 1. The largest absolute Gasteiger partial charge is 0.534 e. The van der Waals surface area contributed by atoms with Crippen molar-refractivity contribution in [3.8, 4) is 5.75 Å². The number of rotatable bonds is 3. The minimum atomic E-state index is -5.85. The Hall–Kier alpha value is -1.36. The molecule has 0 spiro atoms. The fourth-order valence-corrected chi connectivity index (χ4v) is 1.78. The number of halogens is 4. The monoisotopic (exact) mass is 349 g/mol. The van der Waals surface area contributed by atoms with Gasteiger partial charge in [0.15, 0.2) is 5.75 Å².